The maximum atomic E-state index is 11.4. The van der Waals surface area contributed by atoms with Gasteiger partial charge in [0.15, 0.2) is 6.10 Å². The highest BCUT2D eigenvalue weighted by molar-refractivity contribution is 6.02. The van der Waals surface area contributed by atoms with Crippen LogP contribution in [0, 0.1) is 0 Å². The maximum absolute atomic E-state index is 11.4. The summed E-state index contributed by atoms with van der Waals surface area (Å²) in [5, 5.41) is 21.8. The van der Waals surface area contributed by atoms with Gasteiger partial charge in [-0.2, -0.15) is 0 Å². The topological polar surface area (TPSA) is 72.8 Å². The number of aliphatic hydroxyl groups excluding tert-OH is 2. The molecule has 1 amide bonds. The lowest BCUT2D eigenvalue weighted by molar-refractivity contribution is -0.123. The number of benzene rings is 1. The third-order valence-corrected chi connectivity index (χ3v) is 3.67. The molecule has 0 radical (unpaired) electrons. The summed E-state index contributed by atoms with van der Waals surface area (Å²) in [5.74, 6) is -0.365. The van der Waals surface area contributed by atoms with Crippen molar-refractivity contribution in [2.24, 2.45) is 0 Å². The summed E-state index contributed by atoms with van der Waals surface area (Å²) in [6.07, 6.45) is 0.299. The van der Waals surface area contributed by atoms with E-state index in [1.54, 1.807) is 6.07 Å². The Hall–Kier alpha value is -1.59. The number of carbonyl (C=O) groups is 1. The average Bonchev–Trinajstić information content (AvgIpc) is 2.65. The number of nitrogens with one attached hydrogen (secondary N) is 1. The van der Waals surface area contributed by atoms with E-state index in [4.69, 9.17) is 0 Å². The lowest BCUT2D eigenvalue weighted by Gasteiger charge is -2.31. The van der Waals surface area contributed by atoms with Crippen LogP contribution in [0.15, 0.2) is 18.2 Å². The summed E-state index contributed by atoms with van der Waals surface area (Å²) < 4.78 is 0. The van der Waals surface area contributed by atoms with Crippen molar-refractivity contribution in [2.45, 2.75) is 25.0 Å². The van der Waals surface area contributed by atoms with E-state index in [1.807, 2.05) is 12.1 Å². The van der Waals surface area contributed by atoms with Crippen LogP contribution in [-0.2, 0) is 4.79 Å². The fourth-order valence-corrected chi connectivity index (χ4v) is 2.55. The number of hydrogen-bond donors (Lipinski definition) is 3. The lowest BCUT2D eigenvalue weighted by Crippen LogP contribution is -2.35. The zero-order valence-electron chi connectivity index (χ0n) is 9.97. The van der Waals surface area contributed by atoms with Gasteiger partial charge in [0.1, 0.15) is 0 Å². The normalized spacial score (nSPS) is 24.0. The number of hydrogen-bond acceptors (Lipinski definition) is 4. The standard InChI is InChI=1S/C13H16N2O3/c16-9-3-5-15(6-4-9)8-1-2-10-11(7-8)14-13(18)12(10)17/h1-2,7,9,12,16-17H,3-6H2,(H,14,18). The highest BCUT2D eigenvalue weighted by atomic mass is 16.3. The zero-order valence-corrected chi connectivity index (χ0v) is 9.97. The highest BCUT2D eigenvalue weighted by Crippen LogP contribution is 2.34. The minimum Gasteiger partial charge on any atom is -0.393 e. The van der Waals surface area contributed by atoms with Gasteiger partial charge in [0.2, 0.25) is 0 Å². The fourth-order valence-electron chi connectivity index (χ4n) is 2.55. The summed E-state index contributed by atoms with van der Waals surface area (Å²) in [5.41, 5.74) is 2.35. The first-order chi connectivity index (χ1) is 8.65. The van der Waals surface area contributed by atoms with Crippen LogP contribution < -0.4 is 10.2 Å². The van der Waals surface area contributed by atoms with Gasteiger partial charge in [0.05, 0.1) is 6.10 Å². The Morgan fingerprint density at radius 3 is 2.67 bits per heavy atom. The predicted molar refractivity (Wildman–Crippen MR) is 67.5 cm³/mol. The molecule has 5 heteroatoms. The van der Waals surface area contributed by atoms with E-state index < -0.39 is 6.10 Å². The SMILES string of the molecule is O=C1Nc2cc(N3CCC(O)CC3)ccc2C1O. The zero-order chi connectivity index (χ0) is 12.7. The first-order valence-corrected chi connectivity index (χ1v) is 6.21. The third kappa shape index (κ3) is 1.85. The molecule has 2 aliphatic rings. The molecule has 18 heavy (non-hydrogen) atoms. The summed E-state index contributed by atoms with van der Waals surface area (Å²) in [4.78, 5) is 13.5. The van der Waals surface area contributed by atoms with Crippen LogP contribution in [0.2, 0.25) is 0 Å². The van der Waals surface area contributed by atoms with Crippen molar-refractivity contribution in [2.75, 3.05) is 23.3 Å². The second kappa shape index (κ2) is 4.26. The van der Waals surface area contributed by atoms with Crippen molar-refractivity contribution in [3.05, 3.63) is 23.8 Å². The van der Waals surface area contributed by atoms with E-state index in [1.165, 1.54) is 0 Å². The molecule has 0 aliphatic carbocycles. The smallest absolute Gasteiger partial charge is 0.257 e. The van der Waals surface area contributed by atoms with Gasteiger partial charge in [-0.3, -0.25) is 4.79 Å². The molecular weight excluding hydrogens is 232 g/mol. The molecule has 2 aliphatic heterocycles. The summed E-state index contributed by atoms with van der Waals surface area (Å²) >= 11 is 0. The molecule has 0 bridgehead atoms. The maximum Gasteiger partial charge on any atom is 0.257 e. The molecule has 1 unspecified atom stereocenters. The molecule has 5 nitrogen and oxygen atoms in total. The first kappa shape index (κ1) is 11.5. The number of piperidine rings is 1. The van der Waals surface area contributed by atoms with Gasteiger partial charge in [0, 0.05) is 30.0 Å². The largest absolute Gasteiger partial charge is 0.393 e. The quantitative estimate of drug-likeness (QED) is 0.681. The Morgan fingerprint density at radius 1 is 1.22 bits per heavy atom. The van der Waals surface area contributed by atoms with Crippen LogP contribution in [0.5, 0.6) is 0 Å². The monoisotopic (exact) mass is 248 g/mol. The highest BCUT2D eigenvalue weighted by Gasteiger charge is 2.29. The van der Waals surface area contributed by atoms with Crippen LogP contribution in [0.4, 0.5) is 11.4 Å². The molecule has 0 saturated carbocycles. The Morgan fingerprint density at radius 2 is 1.94 bits per heavy atom. The number of carbonyl (C=O) groups excluding carboxylic acids is 1. The van der Waals surface area contributed by atoms with Crippen LogP contribution in [0.1, 0.15) is 24.5 Å². The minimum absolute atomic E-state index is 0.197. The van der Waals surface area contributed by atoms with Crippen LogP contribution in [0.25, 0.3) is 0 Å². The van der Waals surface area contributed by atoms with Gasteiger partial charge in [-0.1, -0.05) is 6.07 Å². The number of fused-ring (bicyclic) bond motifs is 1. The van der Waals surface area contributed by atoms with E-state index in [0.717, 1.165) is 31.6 Å². The summed E-state index contributed by atoms with van der Waals surface area (Å²) in [7, 11) is 0. The second-order valence-electron chi connectivity index (χ2n) is 4.88. The van der Waals surface area contributed by atoms with E-state index in [2.05, 4.69) is 10.2 Å². The molecular formula is C13H16N2O3. The van der Waals surface area contributed by atoms with Crippen LogP contribution >= 0.6 is 0 Å². The van der Waals surface area contributed by atoms with E-state index >= 15 is 0 Å². The first-order valence-electron chi connectivity index (χ1n) is 6.21. The van der Waals surface area contributed by atoms with E-state index in [0.29, 0.717) is 11.3 Å². The van der Waals surface area contributed by atoms with Crippen molar-refractivity contribution in [3.8, 4) is 0 Å². The van der Waals surface area contributed by atoms with Crippen LogP contribution in [0.3, 0.4) is 0 Å². The molecule has 1 atom stereocenters. The Labute approximate surface area is 105 Å². The van der Waals surface area contributed by atoms with Crippen molar-refractivity contribution in [1.82, 2.24) is 0 Å². The molecule has 0 aromatic heterocycles. The van der Waals surface area contributed by atoms with Crippen molar-refractivity contribution >= 4 is 17.3 Å². The second-order valence-corrected chi connectivity index (χ2v) is 4.88. The van der Waals surface area contributed by atoms with E-state index in [-0.39, 0.29) is 12.0 Å². The molecule has 2 heterocycles. The molecule has 96 valence electrons. The van der Waals surface area contributed by atoms with E-state index in [9.17, 15) is 15.0 Å². The van der Waals surface area contributed by atoms with Crippen molar-refractivity contribution in [1.29, 1.82) is 0 Å². The van der Waals surface area contributed by atoms with Gasteiger partial charge in [0.25, 0.3) is 5.91 Å². The molecule has 1 fully saturated rings. The molecule has 1 aromatic rings. The Kier molecular flexibility index (Phi) is 2.72. The Balaban J connectivity index is 1.83. The molecule has 3 N–H and O–H groups in total. The van der Waals surface area contributed by atoms with Gasteiger partial charge in [-0.05, 0) is 25.0 Å². The van der Waals surface area contributed by atoms with Gasteiger partial charge < -0.3 is 20.4 Å². The minimum atomic E-state index is -1.04. The number of anilines is 2. The lowest BCUT2D eigenvalue weighted by atomic mass is 10.1. The van der Waals surface area contributed by atoms with Crippen molar-refractivity contribution in [3.63, 3.8) is 0 Å². The molecule has 0 spiro atoms. The number of nitrogens with zero attached hydrogens (tertiary/aromatic N) is 1. The summed E-state index contributed by atoms with van der Waals surface area (Å²) in [6.45, 7) is 1.63. The third-order valence-electron chi connectivity index (χ3n) is 3.67. The molecule has 1 aromatic carbocycles. The predicted octanol–water partition coefficient (Wildman–Crippen LogP) is 0.633. The summed E-state index contributed by atoms with van der Waals surface area (Å²) in [6, 6.07) is 5.60. The number of rotatable bonds is 1. The van der Waals surface area contributed by atoms with Gasteiger partial charge >= 0.3 is 0 Å². The van der Waals surface area contributed by atoms with Crippen LogP contribution in [-0.4, -0.2) is 35.3 Å². The van der Waals surface area contributed by atoms with Crippen molar-refractivity contribution < 1.29 is 15.0 Å². The number of amides is 1. The van der Waals surface area contributed by atoms with Gasteiger partial charge in [-0.15, -0.1) is 0 Å². The number of aliphatic hydroxyl groups is 2. The average molecular weight is 248 g/mol. The molecule has 1 saturated heterocycles. The fraction of sp³-hybridized carbons (Fsp3) is 0.462. The molecule has 3 rings (SSSR count). The Bertz CT molecular complexity index is 481. The van der Waals surface area contributed by atoms with Gasteiger partial charge in [-0.25, -0.2) is 0 Å².